The molecule has 26 heavy (non-hydrogen) atoms. The lowest BCUT2D eigenvalue weighted by atomic mass is 10.0. The maximum absolute atomic E-state index is 5.50. The van der Waals surface area contributed by atoms with Crippen molar-refractivity contribution in [1.29, 1.82) is 0 Å². The molecule has 7 nitrogen and oxygen atoms in total. The second kappa shape index (κ2) is 6.89. The summed E-state index contributed by atoms with van der Waals surface area (Å²) in [6, 6.07) is 11.8. The molecule has 1 aromatic heterocycles. The van der Waals surface area contributed by atoms with E-state index < -0.39 is 0 Å². The second-order valence-electron chi connectivity index (χ2n) is 5.77. The summed E-state index contributed by atoms with van der Waals surface area (Å²) in [5.41, 5.74) is 4.50. The fourth-order valence-corrected chi connectivity index (χ4v) is 2.93. The summed E-state index contributed by atoms with van der Waals surface area (Å²) in [6.07, 6.45) is 3.65. The van der Waals surface area contributed by atoms with Crippen molar-refractivity contribution in [1.82, 2.24) is 15.1 Å². The van der Waals surface area contributed by atoms with E-state index in [0.29, 0.717) is 6.67 Å². The van der Waals surface area contributed by atoms with Crippen LogP contribution in [0, 0.1) is 0 Å². The Morgan fingerprint density at radius 2 is 2.08 bits per heavy atom. The topological polar surface area (TPSA) is 72.7 Å². The molecule has 2 N–H and O–H groups in total. The van der Waals surface area contributed by atoms with Gasteiger partial charge in [-0.15, -0.1) is 0 Å². The minimum Gasteiger partial charge on any atom is -0.454 e. The predicted molar refractivity (Wildman–Crippen MR) is 102 cm³/mol. The molecule has 0 spiro atoms. The van der Waals surface area contributed by atoms with E-state index in [-0.39, 0.29) is 6.79 Å². The highest BCUT2D eigenvalue weighted by atomic mass is 16.7. The predicted octanol–water partition coefficient (Wildman–Crippen LogP) is 3.19. The number of rotatable bonds is 6. The van der Waals surface area contributed by atoms with E-state index in [4.69, 9.17) is 9.47 Å². The van der Waals surface area contributed by atoms with Gasteiger partial charge in [-0.05, 0) is 55.2 Å². The Labute approximate surface area is 151 Å². The molecule has 0 bridgehead atoms. The molecule has 0 atom stereocenters. The summed E-state index contributed by atoms with van der Waals surface area (Å²) in [5.74, 6) is 1.50. The minimum atomic E-state index is 0.254. The van der Waals surface area contributed by atoms with Gasteiger partial charge < -0.3 is 20.1 Å². The summed E-state index contributed by atoms with van der Waals surface area (Å²) in [5, 5.41) is 10.8. The first-order valence-electron chi connectivity index (χ1n) is 8.23. The average molecular weight is 349 g/mol. The first-order chi connectivity index (χ1) is 12.8. The number of nitrogens with zero attached hydrogens (tertiary/aromatic N) is 3. The molecule has 7 heteroatoms. The molecule has 0 saturated carbocycles. The van der Waals surface area contributed by atoms with Crippen molar-refractivity contribution >= 4 is 18.1 Å². The number of ether oxygens (including phenoxy) is 2. The van der Waals surface area contributed by atoms with Crippen LogP contribution in [0.2, 0.25) is 0 Å². The lowest BCUT2D eigenvalue weighted by molar-refractivity contribution is 0.174. The number of aromatic nitrogens is 2. The van der Waals surface area contributed by atoms with Gasteiger partial charge in [-0.25, -0.2) is 4.68 Å². The molecule has 0 fully saturated rings. The van der Waals surface area contributed by atoms with Crippen molar-refractivity contribution in [3.05, 3.63) is 48.8 Å². The van der Waals surface area contributed by atoms with Crippen LogP contribution >= 0.6 is 0 Å². The Bertz CT molecular complexity index is 937. The molecule has 2 aromatic carbocycles. The van der Waals surface area contributed by atoms with Crippen LogP contribution in [0.4, 0.5) is 11.4 Å². The van der Waals surface area contributed by atoms with Crippen LogP contribution in [-0.2, 0) is 0 Å². The van der Waals surface area contributed by atoms with Crippen LogP contribution in [0.3, 0.4) is 0 Å². The lowest BCUT2D eigenvalue weighted by Crippen LogP contribution is -2.18. The maximum atomic E-state index is 5.50. The summed E-state index contributed by atoms with van der Waals surface area (Å²) in [7, 11) is 1.88. The molecule has 0 unspecified atom stereocenters. The van der Waals surface area contributed by atoms with E-state index in [2.05, 4.69) is 33.5 Å². The van der Waals surface area contributed by atoms with Gasteiger partial charge in [0.2, 0.25) is 6.79 Å². The van der Waals surface area contributed by atoms with Crippen LogP contribution in [-0.4, -0.2) is 37.0 Å². The first-order valence-corrected chi connectivity index (χ1v) is 8.23. The Morgan fingerprint density at radius 3 is 2.85 bits per heavy atom. The average Bonchev–Trinajstić information content (AvgIpc) is 3.36. The number of anilines is 1. The fourth-order valence-electron chi connectivity index (χ4n) is 2.93. The zero-order valence-electron chi connectivity index (χ0n) is 14.4. The molecule has 4 rings (SSSR count). The highest BCUT2D eigenvalue weighted by Crippen LogP contribution is 2.40. The molecule has 132 valence electrons. The van der Waals surface area contributed by atoms with Crippen molar-refractivity contribution in [2.24, 2.45) is 4.99 Å². The normalized spacial score (nSPS) is 12.2. The van der Waals surface area contributed by atoms with E-state index in [1.54, 1.807) is 6.20 Å². The van der Waals surface area contributed by atoms with E-state index in [0.717, 1.165) is 39.7 Å². The number of benzene rings is 2. The highest BCUT2D eigenvalue weighted by molar-refractivity contribution is 5.84. The maximum Gasteiger partial charge on any atom is 0.231 e. The largest absolute Gasteiger partial charge is 0.454 e. The van der Waals surface area contributed by atoms with Crippen molar-refractivity contribution < 1.29 is 9.47 Å². The summed E-state index contributed by atoms with van der Waals surface area (Å²) >= 11 is 0. The molecular weight excluding hydrogens is 330 g/mol. The van der Waals surface area contributed by atoms with Crippen LogP contribution in [0.1, 0.15) is 0 Å². The number of nitrogens with one attached hydrogen (secondary N) is 2. The lowest BCUT2D eigenvalue weighted by Gasteiger charge is -2.17. The van der Waals surface area contributed by atoms with Gasteiger partial charge >= 0.3 is 0 Å². The Hall–Kier alpha value is -3.32. The van der Waals surface area contributed by atoms with Gasteiger partial charge in [0.15, 0.2) is 11.5 Å². The van der Waals surface area contributed by atoms with Crippen molar-refractivity contribution in [2.75, 3.05) is 25.8 Å². The molecule has 0 aliphatic carbocycles. The van der Waals surface area contributed by atoms with Crippen LogP contribution in [0.25, 0.3) is 16.8 Å². The molecule has 0 radical (unpaired) electrons. The number of aliphatic imine (C=N–C) groups is 1. The van der Waals surface area contributed by atoms with E-state index in [1.165, 1.54) is 0 Å². The van der Waals surface area contributed by atoms with Gasteiger partial charge in [0, 0.05) is 12.4 Å². The van der Waals surface area contributed by atoms with E-state index >= 15 is 0 Å². The van der Waals surface area contributed by atoms with Crippen LogP contribution < -0.4 is 20.1 Å². The Morgan fingerprint density at radius 1 is 1.19 bits per heavy atom. The van der Waals surface area contributed by atoms with Crippen molar-refractivity contribution in [3.63, 3.8) is 0 Å². The molecular formula is C19H19N5O2. The summed E-state index contributed by atoms with van der Waals surface area (Å²) < 4.78 is 12.7. The van der Waals surface area contributed by atoms with Gasteiger partial charge in [-0.3, -0.25) is 4.99 Å². The van der Waals surface area contributed by atoms with E-state index in [1.807, 2.05) is 48.3 Å². The molecule has 1 aliphatic rings. The standard InChI is InChI=1S/C19H19N5O2/c1-20-11-22-19-15(21-2)8-14(9-16(19)24-7-3-6-23-24)13-4-5-17-18(10-13)26-12-25-17/h3-10,20,22H,2,11-12H2,1H3. The van der Waals surface area contributed by atoms with Crippen LogP contribution in [0.5, 0.6) is 11.5 Å². The van der Waals surface area contributed by atoms with Crippen LogP contribution in [0.15, 0.2) is 53.8 Å². The zero-order valence-corrected chi connectivity index (χ0v) is 14.4. The Balaban J connectivity index is 1.86. The van der Waals surface area contributed by atoms with Gasteiger partial charge in [0.05, 0.1) is 23.7 Å². The van der Waals surface area contributed by atoms with E-state index in [9.17, 15) is 0 Å². The summed E-state index contributed by atoms with van der Waals surface area (Å²) in [6.45, 7) is 4.58. The quantitative estimate of drug-likeness (QED) is 0.528. The fraction of sp³-hybridized carbons (Fsp3) is 0.158. The van der Waals surface area contributed by atoms with Crippen molar-refractivity contribution in [3.8, 4) is 28.3 Å². The third-order valence-corrected chi connectivity index (χ3v) is 4.17. The molecule has 2 heterocycles. The molecule has 1 aliphatic heterocycles. The molecule has 3 aromatic rings. The highest BCUT2D eigenvalue weighted by Gasteiger charge is 2.17. The number of hydrogen-bond acceptors (Lipinski definition) is 6. The summed E-state index contributed by atoms with van der Waals surface area (Å²) in [4.78, 5) is 4.22. The SMILES string of the molecule is C=Nc1cc(-c2ccc3c(c2)OCO3)cc(-n2cccn2)c1NCNC. The minimum absolute atomic E-state index is 0.254. The molecule has 0 amide bonds. The van der Waals surface area contributed by atoms with Gasteiger partial charge in [0.1, 0.15) is 0 Å². The second-order valence-corrected chi connectivity index (χ2v) is 5.77. The number of fused-ring (bicyclic) bond motifs is 1. The van der Waals surface area contributed by atoms with Crippen molar-refractivity contribution in [2.45, 2.75) is 0 Å². The third kappa shape index (κ3) is 2.89. The van der Waals surface area contributed by atoms with Gasteiger partial charge in [0.25, 0.3) is 0 Å². The Kier molecular flexibility index (Phi) is 4.28. The zero-order chi connectivity index (χ0) is 17.9. The monoisotopic (exact) mass is 349 g/mol. The third-order valence-electron chi connectivity index (χ3n) is 4.17. The number of hydrogen-bond donors (Lipinski definition) is 2. The molecule has 0 saturated heterocycles. The first kappa shape index (κ1) is 16.2. The van der Waals surface area contributed by atoms with Gasteiger partial charge in [-0.1, -0.05) is 6.07 Å². The van der Waals surface area contributed by atoms with Gasteiger partial charge in [-0.2, -0.15) is 5.10 Å². The smallest absolute Gasteiger partial charge is 0.231 e.